The lowest BCUT2D eigenvalue weighted by Gasteiger charge is -2.13. The quantitative estimate of drug-likeness (QED) is 0.349. The summed E-state index contributed by atoms with van der Waals surface area (Å²) in [6.45, 7) is 2.32. The first-order chi connectivity index (χ1) is 16.1. The number of nitriles is 1. The molecular weight excluding hydrogens is 478 g/mol. The number of halogens is 1. The van der Waals surface area contributed by atoms with Gasteiger partial charge in [0.05, 0.1) is 28.6 Å². The molecule has 1 aliphatic heterocycles. The molecule has 5 nitrogen and oxygen atoms in total. The van der Waals surface area contributed by atoms with Crippen LogP contribution in [0.4, 0.5) is 5.69 Å². The van der Waals surface area contributed by atoms with E-state index < -0.39 is 0 Å². The maximum Gasteiger partial charge on any atom is 0.280 e. The summed E-state index contributed by atoms with van der Waals surface area (Å²) in [6, 6.07) is 24.6. The van der Waals surface area contributed by atoms with Gasteiger partial charge in [-0.3, -0.25) is 4.79 Å². The summed E-state index contributed by atoms with van der Waals surface area (Å²) in [5, 5.41) is 15.4. The largest absolute Gasteiger partial charge is 0.488 e. The van der Waals surface area contributed by atoms with E-state index in [1.807, 2.05) is 72.8 Å². The van der Waals surface area contributed by atoms with E-state index in [9.17, 15) is 10.1 Å². The van der Waals surface area contributed by atoms with Crippen molar-refractivity contribution < 1.29 is 9.53 Å². The first kappa shape index (κ1) is 22.5. The van der Waals surface area contributed by atoms with Crippen molar-refractivity contribution >= 4 is 39.3 Å². The Bertz CT molecular complexity index is 1280. The molecule has 1 amide bonds. The van der Waals surface area contributed by atoms with Crippen LogP contribution < -0.4 is 9.75 Å². The molecule has 0 N–H and O–H groups in total. The molecule has 3 aromatic carbocycles. The number of hydrogen-bond acceptors (Lipinski definition) is 4. The van der Waals surface area contributed by atoms with Crippen LogP contribution in [0.2, 0.25) is 0 Å². The summed E-state index contributed by atoms with van der Waals surface area (Å²) in [5.41, 5.74) is 4.20. The van der Waals surface area contributed by atoms with E-state index in [0.29, 0.717) is 23.3 Å². The number of carbonyl (C=O) groups is 1. The van der Waals surface area contributed by atoms with E-state index in [1.54, 1.807) is 6.07 Å². The molecule has 4 rings (SSSR count). The smallest absolute Gasteiger partial charge is 0.280 e. The van der Waals surface area contributed by atoms with Gasteiger partial charge in [0.15, 0.2) is 0 Å². The van der Waals surface area contributed by atoms with Crippen molar-refractivity contribution in [2.24, 2.45) is 5.10 Å². The zero-order valence-electron chi connectivity index (χ0n) is 18.2. The molecule has 0 saturated carbocycles. The van der Waals surface area contributed by atoms with Gasteiger partial charge in [-0.2, -0.15) is 15.4 Å². The molecule has 1 aliphatic rings. The Balaban J connectivity index is 1.67. The molecule has 164 valence electrons. The van der Waals surface area contributed by atoms with Gasteiger partial charge in [-0.05, 0) is 48.9 Å². The molecule has 0 atom stereocenters. The number of para-hydroxylation sites is 1. The van der Waals surface area contributed by atoms with E-state index in [0.717, 1.165) is 33.4 Å². The van der Waals surface area contributed by atoms with Crippen LogP contribution in [0.25, 0.3) is 6.08 Å². The highest BCUT2D eigenvalue weighted by Crippen LogP contribution is 2.31. The first-order valence-corrected chi connectivity index (χ1v) is 11.5. The molecule has 0 unspecified atom stereocenters. The number of hydrogen-bond donors (Lipinski definition) is 0. The summed E-state index contributed by atoms with van der Waals surface area (Å²) < 4.78 is 6.97. The number of benzene rings is 3. The molecule has 0 saturated heterocycles. The van der Waals surface area contributed by atoms with Gasteiger partial charge in [0.25, 0.3) is 5.91 Å². The average molecular weight is 500 g/mol. The Kier molecular flexibility index (Phi) is 7.01. The van der Waals surface area contributed by atoms with Crippen LogP contribution in [0.15, 0.2) is 87.9 Å². The Hall–Kier alpha value is -3.69. The van der Waals surface area contributed by atoms with Gasteiger partial charge in [0.1, 0.15) is 12.4 Å². The van der Waals surface area contributed by atoms with Gasteiger partial charge in [-0.1, -0.05) is 65.7 Å². The number of rotatable bonds is 7. The van der Waals surface area contributed by atoms with E-state index in [4.69, 9.17) is 4.74 Å². The summed E-state index contributed by atoms with van der Waals surface area (Å²) in [6.07, 6.45) is 3.41. The Morgan fingerprint density at radius 2 is 1.85 bits per heavy atom. The van der Waals surface area contributed by atoms with Crippen molar-refractivity contribution in [3.8, 4) is 11.8 Å². The average Bonchev–Trinajstić information content (AvgIpc) is 3.14. The second kappa shape index (κ2) is 10.3. The summed E-state index contributed by atoms with van der Waals surface area (Å²) in [5.74, 6) is 0.464. The second-order valence-corrected chi connectivity index (χ2v) is 8.46. The Labute approximate surface area is 201 Å². The molecule has 33 heavy (non-hydrogen) atoms. The van der Waals surface area contributed by atoms with Gasteiger partial charge >= 0.3 is 0 Å². The molecule has 0 aromatic heterocycles. The molecule has 0 fully saturated rings. The van der Waals surface area contributed by atoms with Gasteiger partial charge in [0.2, 0.25) is 0 Å². The SMILES string of the molecule is CCCC1=NN(c2ccccc2)C(=O)/C1=C/c1cc(Br)ccc1OCc1ccccc1C#N. The molecule has 0 aliphatic carbocycles. The zero-order valence-corrected chi connectivity index (χ0v) is 19.7. The highest BCUT2D eigenvalue weighted by atomic mass is 79.9. The fourth-order valence-corrected chi connectivity index (χ4v) is 3.98. The standard InChI is InChI=1S/C27H22BrN3O2/c1-2-8-25-24(27(32)31(30-25)23-11-4-3-5-12-23)16-21-15-22(28)13-14-26(21)33-18-20-10-7-6-9-19(20)17-29/h3-7,9-16H,2,8,18H2,1H3/b24-16+. The molecular formula is C27H22BrN3O2. The highest BCUT2D eigenvalue weighted by Gasteiger charge is 2.30. The van der Waals surface area contributed by atoms with Crippen LogP contribution in [0.5, 0.6) is 5.75 Å². The number of amides is 1. The summed E-state index contributed by atoms with van der Waals surface area (Å²) in [7, 11) is 0. The third-order valence-corrected chi connectivity index (χ3v) is 5.73. The fourth-order valence-electron chi connectivity index (χ4n) is 3.60. The van der Waals surface area contributed by atoms with E-state index in [2.05, 4.69) is 34.0 Å². The number of ether oxygens (including phenoxy) is 1. The molecule has 0 bridgehead atoms. The lowest BCUT2D eigenvalue weighted by Crippen LogP contribution is -2.21. The van der Waals surface area contributed by atoms with Crippen molar-refractivity contribution in [2.75, 3.05) is 5.01 Å². The lowest BCUT2D eigenvalue weighted by atomic mass is 10.0. The Morgan fingerprint density at radius 1 is 1.09 bits per heavy atom. The predicted octanol–water partition coefficient (Wildman–Crippen LogP) is 6.49. The number of nitrogens with zero attached hydrogens (tertiary/aromatic N) is 3. The van der Waals surface area contributed by atoms with E-state index >= 15 is 0 Å². The molecule has 0 spiro atoms. The van der Waals surface area contributed by atoms with Crippen LogP contribution in [0, 0.1) is 11.3 Å². The van der Waals surface area contributed by atoms with Crippen molar-refractivity contribution in [1.82, 2.24) is 0 Å². The minimum Gasteiger partial charge on any atom is -0.488 e. The van der Waals surface area contributed by atoms with E-state index in [1.165, 1.54) is 5.01 Å². The maximum atomic E-state index is 13.3. The number of hydrazone groups is 1. The molecule has 0 radical (unpaired) electrons. The molecule has 3 aromatic rings. The van der Waals surface area contributed by atoms with Crippen LogP contribution in [-0.2, 0) is 11.4 Å². The number of anilines is 1. The topological polar surface area (TPSA) is 65.7 Å². The van der Waals surface area contributed by atoms with Crippen molar-refractivity contribution in [1.29, 1.82) is 5.26 Å². The minimum atomic E-state index is -0.162. The van der Waals surface area contributed by atoms with Gasteiger partial charge in [0, 0.05) is 15.6 Å². The van der Waals surface area contributed by atoms with Crippen LogP contribution in [0.3, 0.4) is 0 Å². The minimum absolute atomic E-state index is 0.162. The Morgan fingerprint density at radius 3 is 2.61 bits per heavy atom. The van der Waals surface area contributed by atoms with Gasteiger partial charge in [-0.15, -0.1) is 0 Å². The molecule has 1 heterocycles. The first-order valence-electron chi connectivity index (χ1n) is 10.7. The van der Waals surface area contributed by atoms with Gasteiger partial charge in [-0.25, -0.2) is 0 Å². The fraction of sp³-hybridized carbons (Fsp3) is 0.148. The van der Waals surface area contributed by atoms with Crippen LogP contribution >= 0.6 is 15.9 Å². The monoisotopic (exact) mass is 499 g/mol. The highest BCUT2D eigenvalue weighted by molar-refractivity contribution is 9.10. The summed E-state index contributed by atoms with van der Waals surface area (Å²) >= 11 is 3.52. The predicted molar refractivity (Wildman–Crippen MR) is 134 cm³/mol. The van der Waals surface area contributed by atoms with Crippen molar-refractivity contribution in [2.45, 2.75) is 26.4 Å². The van der Waals surface area contributed by atoms with Crippen LogP contribution in [0.1, 0.15) is 36.5 Å². The maximum absolute atomic E-state index is 13.3. The van der Waals surface area contributed by atoms with Crippen molar-refractivity contribution in [3.63, 3.8) is 0 Å². The zero-order chi connectivity index (χ0) is 23.2. The summed E-state index contributed by atoms with van der Waals surface area (Å²) in [4.78, 5) is 13.3. The second-order valence-electron chi connectivity index (χ2n) is 7.55. The normalized spacial score (nSPS) is 14.3. The third-order valence-electron chi connectivity index (χ3n) is 5.23. The van der Waals surface area contributed by atoms with Crippen LogP contribution in [-0.4, -0.2) is 11.6 Å². The third kappa shape index (κ3) is 5.05. The van der Waals surface area contributed by atoms with Crippen molar-refractivity contribution in [3.05, 3.63) is 99.5 Å². The van der Waals surface area contributed by atoms with Gasteiger partial charge < -0.3 is 4.74 Å². The lowest BCUT2D eigenvalue weighted by molar-refractivity contribution is -0.114. The molecule has 6 heteroatoms. The van der Waals surface area contributed by atoms with E-state index in [-0.39, 0.29) is 12.5 Å². The number of carbonyl (C=O) groups excluding carboxylic acids is 1.